The molecule has 1 atom stereocenters. The van der Waals surface area contributed by atoms with Gasteiger partial charge < -0.3 is 4.74 Å². The lowest BCUT2D eigenvalue weighted by molar-refractivity contribution is -0.386. The summed E-state index contributed by atoms with van der Waals surface area (Å²) in [6.45, 7) is 2.39. The van der Waals surface area contributed by atoms with Crippen LogP contribution < -0.4 is 4.74 Å². The van der Waals surface area contributed by atoms with E-state index in [-0.39, 0.29) is 22.9 Å². The Morgan fingerprint density at radius 2 is 2.32 bits per heavy atom. The molecule has 0 aromatic heterocycles. The smallest absolute Gasteiger partial charge is 0.313 e. The highest BCUT2D eigenvalue weighted by Crippen LogP contribution is 2.34. The Morgan fingerprint density at radius 3 is 2.79 bits per heavy atom. The third-order valence-corrected chi connectivity index (χ3v) is 3.97. The molecular formula is C12H13IN2O3S. The molecule has 1 aromatic rings. The Labute approximate surface area is 130 Å². The molecule has 1 aromatic carbocycles. The molecule has 0 amide bonds. The zero-order valence-electron chi connectivity index (χ0n) is 10.3. The number of thiol groups is 1. The number of nitriles is 1. The van der Waals surface area contributed by atoms with Crippen LogP contribution in [0.15, 0.2) is 12.1 Å². The van der Waals surface area contributed by atoms with Crippen LogP contribution in [0.2, 0.25) is 0 Å². The van der Waals surface area contributed by atoms with Gasteiger partial charge in [-0.1, -0.05) is 6.92 Å². The minimum atomic E-state index is -0.528. The van der Waals surface area contributed by atoms with Gasteiger partial charge in [-0.25, -0.2) is 0 Å². The van der Waals surface area contributed by atoms with Crippen LogP contribution in [0.3, 0.4) is 0 Å². The van der Waals surface area contributed by atoms with Crippen molar-refractivity contribution < 1.29 is 9.66 Å². The molecule has 0 aliphatic carbocycles. The van der Waals surface area contributed by atoms with E-state index in [4.69, 9.17) is 10.00 Å². The second-order valence-electron chi connectivity index (χ2n) is 3.94. The standard InChI is InChI=1S/C12H13IN2O3S/c1-2-8(7-19)6-18-12-10(13)3-9(5-14)4-11(12)15(16)17/h3-4,8,19H,2,6-7H2,1H3. The predicted octanol–water partition coefficient (Wildman–Crippen LogP) is 3.41. The monoisotopic (exact) mass is 392 g/mol. The minimum absolute atomic E-state index is 0.169. The molecule has 0 aliphatic heterocycles. The molecule has 0 N–H and O–H groups in total. The van der Waals surface area contributed by atoms with E-state index in [1.54, 1.807) is 6.07 Å². The molecule has 0 saturated carbocycles. The van der Waals surface area contributed by atoms with Gasteiger partial charge in [0, 0.05) is 12.0 Å². The van der Waals surface area contributed by atoms with Crippen LogP contribution in [0, 0.1) is 30.9 Å². The summed E-state index contributed by atoms with van der Waals surface area (Å²) < 4.78 is 6.13. The molecule has 0 saturated heterocycles. The topological polar surface area (TPSA) is 76.2 Å². The van der Waals surface area contributed by atoms with Gasteiger partial charge in [0.05, 0.1) is 26.7 Å². The van der Waals surface area contributed by atoms with Crippen molar-refractivity contribution in [1.82, 2.24) is 0 Å². The Bertz CT molecular complexity index is 512. The molecule has 0 aliphatic rings. The Morgan fingerprint density at radius 1 is 1.63 bits per heavy atom. The summed E-state index contributed by atoms with van der Waals surface area (Å²) in [7, 11) is 0. The highest BCUT2D eigenvalue weighted by Gasteiger charge is 2.21. The van der Waals surface area contributed by atoms with Crippen molar-refractivity contribution >= 4 is 40.9 Å². The van der Waals surface area contributed by atoms with Crippen molar-refractivity contribution in [1.29, 1.82) is 5.26 Å². The summed E-state index contributed by atoms with van der Waals surface area (Å²) in [6, 6.07) is 4.71. The fourth-order valence-electron chi connectivity index (χ4n) is 1.42. The summed E-state index contributed by atoms with van der Waals surface area (Å²) in [6.07, 6.45) is 0.893. The SMILES string of the molecule is CCC(CS)COc1c(I)cc(C#N)cc1[N+](=O)[O-]. The van der Waals surface area contributed by atoms with E-state index in [9.17, 15) is 10.1 Å². The van der Waals surface area contributed by atoms with Gasteiger partial charge in [-0.05, 0) is 40.8 Å². The largest absolute Gasteiger partial charge is 0.486 e. The van der Waals surface area contributed by atoms with Crippen LogP contribution in [0.5, 0.6) is 5.75 Å². The third-order valence-electron chi connectivity index (χ3n) is 2.65. The number of nitrogens with zero attached hydrogens (tertiary/aromatic N) is 2. The molecule has 0 spiro atoms. The van der Waals surface area contributed by atoms with E-state index in [0.29, 0.717) is 15.9 Å². The Hall–Kier alpha value is -1.01. The van der Waals surface area contributed by atoms with Gasteiger partial charge >= 0.3 is 5.69 Å². The van der Waals surface area contributed by atoms with E-state index in [0.717, 1.165) is 6.42 Å². The second kappa shape index (κ2) is 7.55. The molecular weight excluding hydrogens is 379 g/mol. The highest BCUT2D eigenvalue weighted by molar-refractivity contribution is 14.1. The lowest BCUT2D eigenvalue weighted by Crippen LogP contribution is -2.14. The molecule has 102 valence electrons. The molecule has 19 heavy (non-hydrogen) atoms. The molecule has 1 rings (SSSR count). The van der Waals surface area contributed by atoms with Crippen LogP contribution in [-0.4, -0.2) is 17.3 Å². The first-order valence-corrected chi connectivity index (χ1v) is 7.36. The molecule has 7 heteroatoms. The maximum atomic E-state index is 11.0. The molecule has 0 bridgehead atoms. The van der Waals surface area contributed by atoms with Crippen molar-refractivity contribution in [3.63, 3.8) is 0 Å². The molecule has 0 fully saturated rings. The molecule has 1 unspecified atom stereocenters. The first-order valence-electron chi connectivity index (χ1n) is 5.65. The van der Waals surface area contributed by atoms with Gasteiger partial charge in [0.2, 0.25) is 5.75 Å². The average molecular weight is 392 g/mol. The van der Waals surface area contributed by atoms with Gasteiger partial charge in [0.25, 0.3) is 0 Å². The van der Waals surface area contributed by atoms with Gasteiger partial charge in [0.1, 0.15) is 0 Å². The first kappa shape index (κ1) is 16.0. The lowest BCUT2D eigenvalue weighted by Gasteiger charge is -2.14. The Balaban J connectivity index is 3.06. The normalized spacial score (nSPS) is 11.7. The number of rotatable bonds is 6. The van der Waals surface area contributed by atoms with Crippen molar-refractivity contribution in [3.05, 3.63) is 31.4 Å². The van der Waals surface area contributed by atoms with E-state index in [1.807, 2.05) is 35.6 Å². The van der Waals surface area contributed by atoms with Gasteiger partial charge in [-0.15, -0.1) is 0 Å². The number of hydrogen-bond donors (Lipinski definition) is 1. The average Bonchev–Trinajstić information content (AvgIpc) is 2.40. The van der Waals surface area contributed by atoms with Crippen molar-refractivity contribution in [3.8, 4) is 11.8 Å². The van der Waals surface area contributed by atoms with E-state index < -0.39 is 4.92 Å². The molecule has 0 radical (unpaired) electrons. The summed E-state index contributed by atoms with van der Waals surface area (Å²) in [5.41, 5.74) is 0.0853. The van der Waals surface area contributed by atoms with Crippen LogP contribution in [0.1, 0.15) is 18.9 Å². The maximum Gasteiger partial charge on any atom is 0.313 e. The minimum Gasteiger partial charge on any atom is -0.486 e. The van der Waals surface area contributed by atoms with Gasteiger partial charge in [-0.2, -0.15) is 17.9 Å². The number of nitro groups is 1. The van der Waals surface area contributed by atoms with Gasteiger partial charge in [0.15, 0.2) is 0 Å². The van der Waals surface area contributed by atoms with Gasteiger partial charge in [-0.3, -0.25) is 10.1 Å². The number of ether oxygens (including phenoxy) is 1. The molecule has 0 heterocycles. The lowest BCUT2D eigenvalue weighted by atomic mass is 10.1. The summed E-state index contributed by atoms with van der Waals surface area (Å²) >= 11 is 6.15. The van der Waals surface area contributed by atoms with Crippen LogP contribution >= 0.6 is 35.2 Å². The number of benzene rings is 1. The summed E-state index contributed by atoms with van der Waals surface area (Å²) in [4.78, 5) is 10.5. The maximum absolute atomic E-state index is 11.0. The van der Waals surface area contributed by atoms with Crippen molar-refractivity contribution in [2.24, 2.45) is 5.92 Å². The van der Waals surface area contributed by atoms with Crippen LogP contribution in [0.4, 0.5) is 5.69 Å². The zero-order valence-corrected chi connectivity index (χ0v) is 13.3. The van der Waals surface area contributed by atoms with E-state index >= 15 is 0 Å². The Kier molecular flexibility index (Phi) is 6.37. The third kappa shape index (κ3) is 4.24. The quantitative estimate of drug-likeness (QED) is 0.349. The van der Waals surface area contributed by atoms with Crippen molar-refractivity contribution in [2.45, 2.75) is 13.3 Å². The molecule has 5 nitrogen and oxygen atoms in total. The first-order chi connectivity index (χ1) is 9.03. The van der Waals surface area contributed by atoms with E-state index in [2.05, 4.69) is 12.6 Å². The fourth-order valence-corrected chi connectivity index (χ4v) is 2.55. The zero-order chi connectivity index (χ0) is 14.4. The van der Waals surface area contributed by atoms with E-state index in [1.165, 1.54) is 6.07 Å². The second-order valence-corrected chi connectivity index (χ2v) is 5.47. The van der Waals surface area contributed by atoms with Crippen LogP contribution in [0.25, 0.3) is 0 Å². The van der Waals surface area contributed by atoms with Crippen LogP contribution in [-0.2, 0) is 0 Å². The summed E-state index contributed by atoms with van der Waals surface area (Å²) in [5.74, 6) is 1.14. The predicted molar refractivity (Wildman–Crippen MR) is 83.7 cm³/mol. The number of nitro benzene ring substituents is 1. The van der Waals surface area contributed by atoms with Crippen molar-refractivity contribution in [2.75, 3.05) is 12.4 Å². The highest BCUT2D eigenvalue weighted by atomic mass is 127. The summed E-state index contributed by atoms with van der Waals surface area (Å²) in [5, 5.41) is 19.9. The fraction of sp³-hybridized carbons (Fsp3) is 0.417. The number of halogens is 1. The number of hydrogen-bond acceptors (Lipinski definition) is 5.